The SMILES string of the molecule is C=C(C)Nc1cccc2ccccc12.CC. The molecular weight excluding hydrogens is 194 g/mol. The average molecular weight is 213 g/mol. The number of hydrogen-bond acceptors (Lipinski definition) is 1. The monoisotopic (exact) mass is 213 g/mol. The number of benzene rings is 2. The van der Waals surface area contributed by atoms with E-state index in [1.807, 2.05) is 39.0 Å². The maximum absolute atomic E-state index is 3.85. The van der Waals surface area contributed by atoms with Crippen molar-refractivity contribution in [3.05, 3.63) is 54.7 Å². The van der Waals surface area contributed by atoms with Gasteiger partial charge in [-0.25, -0.2) is 0 Å². The first-order valence-electron chi connectivity index (χ1n) is 5.67. The van der Waals surface area contributed by atoms with Crippen LogP contribution in [-0.4, -0.2) is 0 Å². The molecule has 0 fully saturated rings. The smallest absolute Gasteiger partial charge is 0.0461 e. The molecule has 0 atom stereocenters. The fraction of sp³-hybridized carbons (Fsp3) is 0.200. The normalized spacial score (nSPS) is 9.19. The molecule has 1 nitrogen and oxygen atoms in total. The minimum Gasteiger partial charge on any atom is -0.359 e. The molecule has 0 radical (unpaired) electrons. The molecule has 0 aliphatic rings. The van der Waals surface area contributed by atoms with Crippen molar-refractivity contribution in [1.82, 2.24) is 0 Å². The Labute approximate surface area is 97.8 Å². The molecule has 0 bridgehead atoms. The second kappa shape index (κ2) is 5.96. The lowest BCUT2D eigenvalue weighted by atomic mass is 10.1. The zero-order valence-electron chi connectivity index (χ0n) is 10.2. The molecule has 1 N–H and O–H groups in total. The lowest BCUT2D eigenvalue weighted by Gasteiger charge is -2.08. The molecule has 0 aliphatic carbocycles. The van der Waals surface area contributed by atoms with Crippen molar-refractivity contribution in [2.24, 2.45) is 0 Å². The maximum Gasteiger partial charge on any atom is 0.0461 e. The first kappa shape index (κ1) is 12.3. The molecule has 84 valence electrons. The van der Waals surface area contributed by atoms with E-state index >= 15 is 0 Å². The molecule has 16 heavy (non-hydrogen) atoms. The summed E-state index contributed by atoms with van der Waals surface area (Å²) in [6.07, 6.45) is 0. The quantitative estimate of drug-likeness (QED) is 0.754. The van der Waals surface area contributed by atoms with Gasteiger partial charge in [0, 0.05) is 16.8 Å². The maximum atomic E-state index is 3.85. The summed E-state index contributed by atoms with van der Waals surface area (Å²) in [4.78, 5) is 0. The van der Waals surface area contributed by atoms with Crippen LogP contribution in [0.3, 0.4) is 0 Å². The third-order valence-electron chi connectivity index (χ3n) is 2.14. The van der Waals surface area contributed by atoms with E-state index in [0.29, 0.717) is 0 Å². The van der Waals surface area contributed by atoms with E-state index in [-0.39, 0.29) is 0 Å². The van der Waals surface area contributed by atoms with Crippen LogP contribution in [0, 0.1) is 0 Å². The second-order valence-electron chi connectivity index (χ2n) is 3.43. The Bertz CT molecular complexity index is 466. The predicted octanol–water partition coefficient (Wildman–Crippen LogP) is 4.81. The summed E-state index contributed by atoms with van der Waals surface area (Å²) >= 11 is 0. The molecule has 0 aromatic heterocycles. The van der Waals surface area contributed by atoms with Crippen molar-refractivity contribution in [2.75, 3.05) is 5.32 Å². The van der Waals surface area contributed by atoms with Crippen molar-refractivity contribution < 1.29 is 0 Å². The largest absolute Gasteiger partial charge is 0.359 e. The summed E-state index contributed by atoms with van der Waals surface area (Å²) in [7, 11) is 0. The van der Waals surface area contributed by atoms with Gasteiger partial charge in [-0.05, 0) is 18.4 Å². The van der Waals surface area contributed by atoms with Gasteiger partial charge in [0.05, 0.1) is 0 Å². The number of fused-ring (bicyclic) bond motifs is 1. The average Bonchev–Trinajstić information content (AvgIpc) is 2.31. The summed E-state index contributed by atoms with van der Waals surface area (Å²) in [5.41, 5.74) is 2.08. The van der Waals surface area contributed by atoms with Gasteiger partial charge in [0.25, 0.3) is 0 Å². The predicted molar refractivity (Wildman–Crippen MR) is 73.7 cm³/mol. The van der Waals surface area contributed by atoms with Crippen LogP contribution in [0.4, 0.5) is 5.69 Å². The highest BCUT2D eigenvalue weighted by molar-refractivity contribution is 5.94. The van der Waals surface area contributed by atoms with Crippen molar-refractivity contribution in [2.45, 2.75) is 20.8 Å². The molecule has 0 heterocycles. The van der Waals surface area contributed by atoms with Crippen LogP contribution >= 0.6 is 0 Å². The van der Waals surface area contributed by atoms with Gasteiger partial charge in [-0.3, -0.25) is 0 Å². The Hall–Kier alpha value is -1.76. The van der Waals surface area contributed by atoms with E-state index in [2.05, 4.69) is 36.2 Å². The van der Waals surface area contributed by atoms with Crippen LogP contribution < -0.4 is 5.32 Å². The zero-order chi connectivity index (χ0) is 12.0. The minimum atomic E-state index is 0.960. The van der Waals surface area contributed by atoms with Gasteiger partial charge in [0.2, 0.25) is 0 Å². The Morgan fingerprint density at radius 3 is 2.31 bits per heavy atom. The van der Waals surface area contributed by atoms with Crippen LogP contribution in [0.1, 0.15) is 20.8 Å². The second-order valence-corrected chi connectivity index (χ2v) is 3.43. The highest BCUT2D eigenvalue weighted by atomic mass is 14.9. The van der Waals surface area contributed by atoms with Gasteiger partial charge in [-0.2, -0.15) is 0 Å². The fourth-order valence-corrected chi connectivity index (χ4v) is 1.56. The standard InChI is InChI=1S/C13H13N.C2H6/c1-10(2)14-13-9-5-7-11-6-3-4-8-12(11)13;1-2/h3-9,14H,1H2,2H3;1-2H3. The fourth-order valence-electron chi connectivity index (χ4n) is 1.56. The van der Waals surface area contributed by atoms with E-state index in [1.54, 1.807) is 0 Å². The third-order valence-corrected chi connectivity index (χ3v) is 2.14. The number of hydrogen-bond donors (Lipinski definition) is 1. The van der Waals surface area contributed by atoms with Gasteiger partial charge in [-0.1, -0.05) is 56.8 Å². The molecule has 0 spiro atoms. The van der Waals surface area contributed by atoms with Crippen molar-refractivity contribution in [3.63, 3.8) is 0 Å². The molecule has 2 aromatic carbocycles. The van der Waals surface area contributed by atoms with E-state index in [4.69, 9.17) is 0 Å². The topological polar surface area (TPSA) is 12.0 Å². The summed E-state index contributed by atoms with van der Waals surface area (Å²) in [5.74, 6) is 0. The van der Waals surface area contributed by atoms with Crippen molar-refractivity contribution in [3.8, 4) is 0 Å². The van der Waals surface area contributed by atoms with E-state index < -0.39 is 0 Å². The molecular formula is C15H19N. The Morgan fingerprint density at radius 1 is 1.00 bits per heavy atom. The van der Waals surface area contributed by atoms with Crippen molar-refractivity contribution in [1.29, 1.82) is 0 Å². The van der Waals surface area contributed by atoms with E-state index in [9.17, 15) is 0 Å². The molecule has 1 heteroatoms. The van der Waals surface area contributed by atoms with Crippen LogP contribution in [0.2, 0.25) is 0 Å². The van der Waals surface area contributed by atoms with E-state index in [1.165, 1.54) is 10.8 Å². The summed E-state index contributed by atoms with van der Waals surface area (Å²) < 4.78 is 0. The third kappa shape index (κ3) is 2.86. The van der Waals surface area contributed by atoms with Crippen LogP contribution in [-0.2, 0) is 0 Å². The molecule has 0 saturated heterocycles. The zero-order valence-corrected chi connectivity index (χ0v) is 10.2. The first-order chi connectivity index (χ1) is 7.77. The summed E-state index contributed by atoms with van der Waals surface area (Å²) in [6.45, 7) is 9.81. The van der Waals surface area contributed by atoms with Gasteiger partial charge in [-0.15, -0.1) is 0 Å². The lowest BCUT2D eigenvalue weighted by molar-refractivity contribution is 1.41. The molecule has 0 aliphatic heterocycles. The minimum absolute atomic E-state index is 0.960. The van der Waals surface area contributed by atoms with Gasteiger partial charge in [0.1, 0.15) is 0 Å². The van der Waals surface area contributed by atoms with Gasteiger partial charge in [0.15, 0.2) is 0 Å². The number of allylic oxidation sites excluding steroid dienone is 1. The van der Waals surface area contributed by atoms with Gasteiger partial charge >= 0.3 is 0 Å². The van der Waals surface area contributed by atoms with Crippen molar-refractivity contribution >= 4 is 16.5 Å². The number of anilines is 1. The van der Waals surface area contributed by atoms with Crippen LogP contribution in [0.15, 0.2) is 54.7 Å². The highest BCUT2D eigenvalue weighted by Crippen LogP contribution is 2.23. The summed E-state index contributed by atoms with van der Waals surface area (Å²) in [5, 5.41) is 5.74. The Kier molecular flexibility index (Phi) is 4.59. The number of rotatable bonds is 2. The lowest BCUT2D eigenvalue weighted by Crippen LogP contribution is -1.93. The Morgan fingerprint density at radius 2 is 1.62 bits per heavy atom. The molecule has 0 unspecified atom stereocenters. The molecule has 0 saturated carbocycles. The van der Waals surface area contributed by atoms with Gasteiger partial charge < -0.3 is 5.32 Å². The van der Waals surface area contributed by atoms with Crippen LogP contribution in [0.5, 0.6) is 0 Å². The number of nitrogens with one attached hydrogen (secondary N) is 1. The highest BCUT2D eigenvalue weighted by Gasteiger charge is 1.98. The first-order valence-corrected chi connectivity index (χ1v) is 5.67. The molecule has 2 aromatic rings. The summed E-state index contributed by atoms with van der Waals surface area (Å²) in [6, 6.07) is 14.5. The van der Waals surface area contributed by atoms with E-state index in [0.717, 1.165) is 11.4 Å². The Balaban J connectivity index is 0.000000606. The molecule has 0 amide bonds. The van der Waals surface area contributed by atoms with Crippen LogP contribution in [0.25, 0.3) is 10.8 Å². The molecule has 2 rings (SSSR count).